The number of hydrogen-bond donors (Lipinski definition) is 2. The molecule has 112 valence electrons. The van der Waals surface area contributed by atoms with E-state index in [1.165, 1.54) is 19.3 Å². The molecule has 2 heterocycles. The van der Waals surface area contributed by atoms with Crippen LogP contribution >= 0.6 is 12.4 Å². The Labute approximate surface area is 123 Å². The summed E-state index contributed by atoms with van der Waals surface area (Å²) in [7, 11) is 2.15. The fraction of sp³-hybridized carbons (Fsp3) is 0.929. The topological polar surface area (TPSA) is 44.4 Å². The van der Waals surface area contributed by atoms with Gasteiger partial charge in [0.05, 0.1) is 6.04 Å². The van der Waals surface area contributed by atoms with E-state index in [9.17, 15) is 4.79 Å². The summed E-state index contributed by atoms with van der Waals surface area (Å²) < 4.78 is 0. The molecule has 2 N–H and O–H groups in total. The van der Waals surface area contributed by atoms with E-state index in [0.717, 1.165) is 26.1 Å². The molecule has 0 aromatic heterocycles. The van der Waals surface area contributed by atoms with Crippen molar-refractivity contribution in [3.05, 3.63) is 0 Å². The van der Waals surface area contributed by atoms with Crippen LogP contribution in [0.25, 0.3) is 0 Å². The third-order valence-corrected chi connectivity index (χ3v) is 4.57. The number of nitrogens with one attached hydrogen (secondary N) is 2. The van der Waals surface area contributed by atoms with Gasteiger partial charge in [0.25, 0.3) is 0 Å². The molecular weight excluding hydrogens is 262 g/mol. The molecule has 0 aliphatic carbocycles. The van der Waals surface area contributed by atoms with Crippen molar-refractivity contribution >= 4 is 18.3 Å². The van der Waals surface area contributed by atoms with Gasteiger partial charge in [-0.1, -0.05) is 13.8 Å². The van der Waals surface area contributed by atoms with Gasteiger partial charge in [-0.2, -0.15) is 0 Å². The van der Waals surface area contributed by atoms with Crippen LogP contribution in [0.3, 0.4) is 0 Å². The lowest BCUT2D eigenvalue weighted by Crippen LogP contribution is -2.56. The van der Waals surface area contributed by atoms with E-state index >= 15 is 0 Å². The molecule has 2 aliphatic rings. The van der Waals surface area contributed by atoms with E-state index in [1.807, 2.05) is 0 Å². The van der Waals surface area contributed by atoms with Crippen LogP contribution < -0.4 is 10.6 Å². The molecule has 0 aromatic rings. The molecule has 0 radical (unpaired) electrons. The van der Waals surface area contributed by atoms with Crippen molar-refractivity contribution in [3.63, 3.8) is 0 Å². The van der Waals surface area contributed by atoms with E-state index in [0.29, 0.717) is 6.04 Å². The van der Waals surface area contributed by atoms with Crippen molar-refractivity contribution in [2.75, 3.05) is 26.7 Å². The number of nitrogens with zero attached hydrogens (tertiary/aromatic N) is 1. The van der Waals surface area contributed by atoms with Gasteiger partial charge in [0.1, 0.15) is 0 Å². The molecule has 2 aliphatic heterocycles. The normalized spacial score (nSPS) is 30.7. The molecule has 0 aromatic carbocycles. The van der Waals surface area contributed by atoms with Crippen LogP contribution in [-0.4, -0.2) is 49.6 Å². The van der Waals surface area contributed by atoms with Gasteiger partial charge < -0.3 is 15.5 Å². The molecule has 2 unspecified atom stereocenters. The smallest absolute Gasteiger partial charge is 0.237 e. The van der Waals surface area contributed by atoms with Crippen LogP contribution in [0.2, 0.25) is 0 Å². The molecule has 0 spiro atoms. The molecule has 2 rings (SSSR count). The van der Waals surface area contributed by atoms with Crippen LogP contribution in [0, 0.1) is 5.41 Å². The van der Waals surface area contributed by atoms with Crippen molar-refractivity contribution in [2.45, 2.75) is 51.6 Å². The maximum atomic E-state index is 12.3. The summed E-state index contributed by atoms with van der Waals surface area (Å²) in [6.07, 6.45) is 4.76. The lowest BCUT2D eigenvalue weighted by atomic mass is 9.77. The zero-order valence-electron chi connectivity index (χ0n) is 12.4. The lowest BCUT2D eigenvalue weighted by molar-refractivity contribution is -0.127. The van der Waals surface area contributed by atoms with E-state index in [2.05, 4.69) is 36.4 Å². The van der Waals surface area contributed by atoms with Gasteiger partial charge in [-0.05, 0) is 51.2 Å². The summed E-state index contributed by atoms with van der Waals surface area (Å²) in [4.78, 5) is 14.6. The molecule has 0 bridgehead atoms. The minimum atomic E-state index is -0.0297. The lowest BCUT2D eigenvalue weighted by Gasteiger charge is -2.38. The van der Waals surface area contributed by atoms with Crippen LogP contribution in [0.4, 0.5) is 0 Å². The Hall–Kier alpha value is -0.320. The largest absolute Gasteiger partial charge is 0.353 e. The Morgan fingerprint density at radius 1 is 1.42 bits per heavy atom. The number of carbonyl (C=O) groups excluding carboxylic acids is 1. The first-order valence-corrected chi connectivity index (χ1v) is 7.22. The quantitative estimate of drug-likeness (QED) is 0.825. The minimum Gasteiger partial charge on any atom is -0.353 e. The number of piperidine rings is 1. The van der Waals surface area contributed by atoms with E-state index < -0.39 is 0 Å². The van der Waals surface area contributed by atoms with Gasteiger partial charge in [0.2, 0.25) is 5.91 Å². The average molecular weight is 290 g/mol. The average Bonchev–Trinajstić information content (AvgIpc) is 2.71. The molecule has 2 atom stereocenters. The highest BCUT2D eigenvalue weighted by molar-refractivity contribution is 5.85. The van der Waals surface area contributed by atoms with Gasteiger partial charge in [-0.15, -0.1) is 12.4 Å². The summed E-state index contributed by atoms with van der Waals surface area (Å²) in [5, 5.41) is 6.51. The summed E-state index contributed by atoms with van der Waals surface area (Å²) in [6.45, 7) is 7.29. The van der Waals surface area contributed by atoms with E-state index in [1.54, 1.807) is 0 Å². The second-order valence-electron chi connectivity index (χ2n) is 6.50. The highest BCUT2D eigenvalue weighted by atomic mass is 35.5. The molecule has 19 heavy (non-hydrogen) atoms. The number of likely N-dealkylation sites (N-methyl/N-ethyl adjacent to an activating group) is 1. The van der Waals surface area contributed by atoms with Gasteiger partial charge in [0, 0.05) is 12.6 Å². The Balaban J connectivity index is 0.00000180. The minimum absolute atomic E-state index is 0. The number of hydrogen-bond acceptors (Lipinski definition) is 3. The first kappa shape index (κ1) is 16.7. The maximum Gasteiger partial charge on any atom is 0.237 e. The predicted octanol–water partition coefficient (Wildman–Crippen LogP) is 1.40. The monoisotopic (exact) mass is 289 g/mol. The molecular formula is C14H28ClN3O. The number of amides is 1. The second-order valence-corrected chi connectivity index (χ2v) is 6.50. The van der Waals surface area contributed by atoms with Crippen molar-refractivity contribution in [1.82, 2.24) is 15.5 Å². The first-order valence-electron chi connectivity index (χ1n) is 7.22. The van der Waals surface area contributed by atoms with Gasteiger partial charge in [0.15, 0.2) is 0 Å². The van der Waals surface area contributed by atoms with Crippen LogP contribution in [0.5, 0.6) is 0 Å². The van der Waals surface area contributed by atoms with Crippen molar-refractivity contribution < 1.29 is 4.79 Å². The van der Waals surface area contributed by atoms with Gasteiger partial charge in [-0.3, -0.25) is 4.79 Å². The third-order valence-electron chi connectivity index (χ3n) is 4.57. The second kappa shape index (κ2) is 6.91. The van der Waals surface area contributed by atoms with Gasteiger partial charge in [-0.25, -0.2) is 0 Å². The van der Waals surface area contributed by atoms with E-state index in [-0.39, 0.29) is 29.8 Å². The highest BCUT2D eigenvalue weighted by Gasteiger charge is 2.37. The fourth-order valence-corrected chi connectivity index (χ4v) is 3.22. The number of carbonyl (C=O) groups is 1. The van der Waals surface area contributed by atoms with Gasteiger partial charge >= 0.3 is 0 Å². The zero-order chi connectivity index (χ0) is 13.2. The summed E-state index contributed by atoms with van der Waals surface area (Å²) in [5.41, 5.74) is 0.0733. The summed E-state index contributed by atoms with van der Waals surface area (Å²) in [5.74, 6) is 0.181. The van der Waals surface area contributed by atoms with Crippen molar-refractivity contribution in [2.24, 2.45) is 5.41 Å². The Morgan fingerprint density at radius 2 is 2.16 bits per heavy atom. The Morgan fingerprint density at radius 3 is 2.74 bits per heavy atom. The fourth-order valence-electron chi connectivity index (χ4n) is 3.22. The molecule has 5 heteroatoms. The van der Waals surface area contributed by atoms with Crippen LogP contribution in [0.1, 0.15) is 39.5 Å². The molecule has 4 nitrogen and oxygen atoms in total. The Bertz CT molecular complexity index is 309. The summed E-state index contributed by atoms with van der Waals surface area (Å²) >= 11 is 0. The Kier molecular flexibility index (Phi) is 6.09. The first-order chi connectivity index (χ1) is 8.50. The maximum absolute atomic E-state index is 12.3. The van der Waals surface area contributed by atoms with E-state index in [4.69, 9.17) is 0 Å². The zero-order valence-corrected chi connectivity index (χ0v) is 13.2. The molecule has 0 saturated carbocycles. The molecule has 2 saturated heterocycles. The standard InChI is InChI=1S/C14H27N3O.ClH/c1-14(2)7-5-8-15-12(14)13(18)16-10-11-6-4-9-17(11)3;/h11-12,15H,4-10H2,1-3H3,(H,16,18);1H. The van der Waals surface area contributed by atoms with Crippen molar-refractivity contribution in [1.29, 1.82) is 0 Å². The third kappa shape index (κ3) is 4.07. The number of halogens is 1. The molecule has 2 fully saturated rings. The number of rotatable bonds is 3. The van der Waals surface area contributed by atoms with Crippen molar-refractivity contribution in [3.8, 4) is 0 Å². The predicted molar refractivity (Wildman–Crippen MR) is 80.7 cm³/mol. The van der Waals surface area contributed by atoms with Crippen LogP contribution in [-0.2, 0) is 4.79 Å². The molecule has 1 amide bonds. The summed E-state index contributed by atoms with van der Waals surface area (Å²) in [6, 6.07) is 0.499. The van der Waals surface area contributed by atoms with Crippen LogP contribution in [0.15, 0.2) is 0 Å². The SMILES string of the molecule is CN1CCCC1CNC(=O)C1NCCCC1(C)C.Cl. The highest BCUT2D eigenvalue weighted by Crippen LogP contribution is 2.30. The number of likely N-dealkylation sites (tertiary alicyclic amines) is 1.